The molecular weight excluding hydrogens is 367 g/mol. The zero-order valence-electron chi connectivity index (χ0n) is 16.9. The van der Waals surface area contributed by atoms with Gasteiger partial charge in [-0.1, -0.05) is 36.1 Å². The average molecular weight is 394 g/mol. The molecule has 152 valence electrons. The SMILES string of the molecule is CC(C)(O)C#Cc1cccc(C(=O)NCC2CCN(Cc3ccccc3F)C2)c1. The summed E-state index contributed by atoms with van der Waals surface area (Å²) >= 11 is 0. The van der Waals surface area contributed by atoms with Gasteiger partial charge in [0.2, 0.25) is 0 Å². The Morgan fingerprint density at radius 3 is 2.83 bits per heavy atom. The Labute approximate surface area is 171 Å². The number of rotatable bonds is 5. The van der Waals surface area contributed by atoms with Gasteiger partial charge in [-0.15, -0.1) is 0 Å². The second-order valence-electron chi connectivity index (χ2n) is 8.08. The van der Waals surface area contributed by atoms with Crippen molar-refractivity contribution in [2.75, 3.05) is 19.6 Å². The molecule has 0 aromatic heterocycles. The van der Waals surface area contributed by atoms with Crippen LogP contribution in [0.2, 0.25) is 0 Å². The van der Waals surface area contributed by atoms with Gasteiger partial charge in [0.25, 0.3) is 5.91 Å². The molecule has 2 N–H and O–H groups in total. The maximum absolute atomic E-state index is 13.8. The summed E-state index contributed by atoms with van der Waals surface area (Å²) in [5, 5.41) is 12.7. The van der Waals surface area contributed by atoms with E-state index < -0.39 is 5.60 Å². The van der Waals surface area contributed by atoms with E-state index in [1.165, 1.54) is 6.07 Å². The molecule has 3 rings (SSSR count). The van der Waals surface area contributed by atoms with Gasteiger partial charge in [-0.25, -0.2) is 4.39 Å². The Kier molecular flexibility index (Phi) is 6.68. The van der Waals surface area contributed by atoms with Crippen LogP contribution in [-0.4, -0.2) is 41.1 Å². The van der Waals surface area contributed by atoms with E-state index in [-0.39, 0.29) is 11.7 Å². The van der Waals surface area contributed by atoms with Crippen molar-refractivity contribution >= 4 is 5.91 Å². The van der Waals surface area contributed by atoms with Gasteiger partial charge in [0.05, 0.1) is 0 Å². The third kappa shape index (κ3) is 6.42. The lowest BCUT2D eigenvalue weighted by atomic mass is 10.1. The topological polar surface area (TPSA) is 52.6 Å². The van der Waals surface area contributed by atoms with Crippen LogP contribution in [0.5, 0.6) is 0 Å². The van der Waals surface area contributed by atoms with E-state index in [9.17, 15) is 14.3 Å². The molecule has 1 atom stereocenters. The first-order valence-electron chi connectivity index (χ1n) is 9.90. The van der Waals surface area contributed by atoms with Crippen LogP contribution in [0.1, 0.15) is 41.8 Å². The highest BCUT2D eigenvalue weighted by Gasteiger charge is 2.23. The first kappa shape index (κ1) is 21.0. The fourth-order valence-electron chi connectivity index (χ4n) is 3.39. The second-order valence-corrected chi connectivity index (χ2v) is 8.08. The maximum Gasteiger partial charge on any atom is 0.251 e. The van der Waals surface area contributed by atoms with Crippen LogP contribution in [0.3, 0.4) is 0 Å². The smallest absolute Gasteiger partial charge is 0.251 e. The van der Waals surface area contributed by atoms with Crippen LogP contribution in [0.15, 0.2) is 48.5 Å². The Morgan fingerprint density at radius 1 is 1.28 bits per heavy atom. The lowest BCUT2D eigenvalue weighted by Gasteiger charge is -2.17. The molecule has 2 aromatic carbocycles. The third-order valence-electron chi connectivity index (χ3n) is 4.91. The third-order valence-corrected chi connectivity index (χ3v) is 4.91. The minimum Gasteiger partial charge on any atom is -0.378 e. The van der Waals surface area contributed by atoms with Gasteiger partial charge in [-0.3, -0.25) is 9.69 Å². The molecule has 29 heavy (non-hydrogen) atoms. The minimum atomic E-state index is -1.07. The van der Waals surface area contributed by atoms with Crippen LogP contribution >= 0.6 is 0 Å². The summed E-state index contributed by atoms with van der Waals surface area (Å²) < 4.78 is 13.8. The van der Waals surface area contributed by atoms with Crippen molar-refractivity contribution in [1.29, 1.82) is 0 Å². The molecule has 1 aliphatic heterocycles. The molecular formula is C24H27FN2O2. The van der Waals surface area contributed by atoms with Gasteiger partial charge < -0.3 is 10.4 Å². The highest BCUT2D eigenvalue weighted by atomic mass is 19.1. The highest BCUT2D eigenvalue weighted by Crippen LogP contribution is 2.19. The zero-order valence-corrected chi connectivity index (χ0v) is 16.9. The van der Waals surface area contributed by atoms with Gasteiger partial charge in [0.1, 0.15) is 11.4 Å². The molecule has 0 bridgehead atoms. The number of carbonyl (C=O) groups is 1. The maximum atomic E-state index is 13.8. The van der Waals surface area contributed by atoms with Gasteiger partial charge in [0, 0.05) is 36.3 Å². The van der Waals surface area contributed by atoms with E-state index in [1.54, 1.807) is 38.1 Å². The molecule has 1 amide bonds. The lowest BCUT2D eigenvalue weighted by Crippen LogP contribution is -2.31. The average Bonchev–Trinajstić information content (AvgIpc) is 3.13. The number of aliphatic hydroxyl groups is 1. The highest BCUT2D eigenvalue weighted by molar-refractivity contribution is 5.94. The molecule has 0 spiro atoms. The summed E-state index contributed by atoms with van der Waals surface area (Å²) in [6.45, 7) is 6.16. The van der Waals surface area contributed by atoms with Crippen molar-refractivity contribution < 1.29 is 14.3 Å². The largest absolute Gasteiger partial charge is 0.378 e. The number of amides is 1. The number of benzene rings is 2. The number of hydrogen-bond acceptors (Lipinski definition) is 3. The van der Waals surface area contributed by atoms with Crippen molar-refractivity contribution in [3.8, 4) is 11.8 Å². The predicted molar refractivity (Wildman–Crippen MR) is 112 cm³/mol. The zero-order chi connectivity index (χ0) is 20.9. The number of nitrogens with zero attached hydrogens (tertiary/aromatic N) is 1. The number of nitrogens with one attached hydrogen (secondary N) is 1. The molecule has 2 aromatic rings. The fraction of sp³-hybridized carbons (Fsp3) is 0.375. The standard InChI is InChI=1S/C24H27FN2O2/c1-24(2,29)12-10-18-6-5-8-20(14-18)23(28)26-15-19-11-13-27(16-19)17-21-7-3-4-9-22(21)25/h3-9,14,19,29H,11,13,15-17H2,1-2H3,(H,26,28). The summed E-state index contributed by atoms with van der Waals surface area (Å²) in [4.78, 5) is 14.7. The molecule has 0 saturated carbocycles. The molecule has 0 radical (unpaired) electrons. The van der Waals surface area contributed by atoms with Crippen molar-refractivity contribution in [3.05, 3.63) is 71.0 Å². The van der Waals surface area contributed by atoms with E-state index >= 15 is 0 Å². The number of carbonyl (C=O) groups excluding carboxylic acids is 1. The van der Waals surface area contributed by atoms with Gasteiger partial charge >= 0.3 is 0 Å². The Balaban J connectivity index is 1.51. The van der Waals surface area contributed by atoms with Crippen LogP contribution in [0.4, 0.5) is 4.39 Å². The molecule has 0 aliphatic carbocycles. The summed E-state index contributed by atoms with van der Waals surface area (Å²) in [6, 6.07) is 13.9. The van der Waals surface area contributed by atoms with Crippen LogP contribution in [0, 0.1) is 23.6 Å². The number of hydrogen-bond donors (Lipinski definition) is 2. The molecule has 4 nitrogen and oxygen atoms in total. The second kappa shape index (κ2) is 9.21. The van der Waals surface area contributed by atoms with Crippen LogP contribution < -0.4 is 5.32 Å². The van der Waals surface area contributed by atoms with E-state index in [4.69, 9.17) is 0 Å². The monoisotopic (exact) mass is 394 g/mol. The van der Waals surface area contributed by atoms with E-state index in [1.807, 2.05) is 18.2 Å². The van der Waals surface area contributed by atoms with E-state index in [0.29, 0.717) is 35.7 Å². The summed E-state index contributed by atoms with van der Waals surface area (Å²) in [5.41, 5.74) is 0.876. The summed E-state index contributed by atoms with van der Waals surface area (Å²) in [5.74, 6) is 5.69. The predicted octanol–water partition coefficient (Wildman–Crippen LogP) is 3.20. The van der Waals surface area contributed by atoms with E-state index in [2.05, 4.69) is 22.1 Å². The summed E-state index contributed by atoms with van der Waals surface area (Å²) in [6.07, 6.45) is 0.978. The minimum absolute atomic E-state index is 0.135. The van der Waals surface area contributed by atoms with Crippen LogP contribution in [-0.2, 0) is 6.54 Å². The normalized spacial score (nSPS) is 16.9. The Hall–Kier alpha value is -2.68. The van der Waals surface area contributed by atoms with Crippen LogP contribution in [0.25, 0.3) is 0 Å². The molecule has 1 fully saturated rings. The van der Waals surface area contributed by atoms with Crippen molar-refractivity contribution in [3.63, 3.8) is 0 Å². The molecule has 1 unspecified atom stereocenters. The Morgan fingerprint density at radius 2 is 2.07 bits per heavy atom. The van der Waals surface area contributed by atoms with Gasteiger partial charge in [-0.2, -0.15) is 0 Å². The quantitative estimate of drug-likeness (QED) is 0.766. The first-order chi connectivity index (χ1) is 13.8. The Bertz CT molecular complexity index is 924. The number of halogens is 1. The molecule has 1 saturated heterocycles. The van der Waals surface area contributed by atoms with E-state index in [0.717, 1.165) is 19.5 Å². The molecule has 1 aliphatic rings. The van der Waals surface area contributed by atoms with Crippen molar-refractivity contribution in [1.82, 2.24) is 10.2 Å². The van der Waals surface area contributed by atoms with Gasteiger partial charge in [0.15, 0.2) is 0 Å². The molecule has 5 heteroatoms. The fourth-order valence-corrected chi connectivity index (χ4v) is 3.39. The number of likely N-dealkylation sites (tertiary alicyclic amines) is 1. The van der Waals surface area contributed by atoms with Gasteiger partial charge in [-0.05, 0) is 57.0 Å². The summed E-state index contributed by atoms with van der Waals surface area (Å²) in [7, 11) is 0. The molecule has 1 heterocycles. The lowest BCUT2D eigenvalue weighted by molar-refractivity contribution is 0.0947. The van der Waals surface area contributed by atoms with Crippen molar-refractivity contribution in [2.45, 2.75) is 32.4 Å². The van der Waals surface area contributed by atoms with Crippen molar-refractivity contribution in [2.24, 2.45) is 5.92 Å². The first-order valence-corrected chi connectivity index (χ1v) is 9.90.